The Bertz CT molecular complexity index is 534. The van der Waals surface area contributed by atoms with Gasteiger partial charge < -0.3 is 5.11 Å². The molecule has 0 saturated carbocycles. The minimum atomic E-state index is -0.712. The van der Waals surface area contributed by atoms with Crippen LogP contribution in [0.2, 0.25) is 0 Å². The van der Waals surface area contributed by atoms with Crippen molar-refractivity contribution >= 4 is 5.97 Å². The number of unbranched alkanes of at least 4 members (excludes halogenated alkanes) is 30. The molecule has 4 nitrogen and oxygen atoms in total. The lowest BCUT2D eigenvalue weighted by Crippen LogP contribution is -2.51. The Hall–Kier alpha value is -0.610. The van der Waals surface area contributed by atoms with Gasteiger partial charge in [-0.1, -0.05) is 213 Å². The molecule has 0 rings (SSSR count). The Morgan fingerprint density at radius 3 is 0.889 bits per heavy atom. The minimum absolute atomic E-state index is 0.530. The normalized spacial score (nSPS) is 12.4. The highest BCUT2D eigenvalue weighted by Gasteiger charge is 2.24. The van der Waals surface area contributed by atoms with E-state index in [4.69, 9.17) is 0 Å². The van der Waals surface area contributed by atoms with E-state index in [9.17, 15) is 9.90 Å². The Labute approximate surface area is 284 Å². The number of nitrogens with one attached hydrogen (secondary N) is 1. The maximum Gasteiger partial charge on any atom is 0.335 e. The second kappa shape index (κ2) is 37.8. The summed E-state index contributed by atoms with van der Waals surface area (Å²) in [6.07, 6.45) is 44.4. The van der Waals surface area contributed by atoms with Gasteiger partial charge in [0.1, 0.15) is 0 Å². The summed E-state index contributed by atoms with van der Waals surface area (Å²) in [5, 5.41) is 13.2. The van der Waals surface area contributed by atoms with Crippen LogP contribution in [0.5, 0.6) is 0 Å². The first-order valence-electron chi connectivity index (χ1n) is 20.9. The van der Waals surface area contributed by atoms with Crippen LogP contribution in [-0.4, -0.2) is 41.8 Å². The van der Waals surface area contributed by atoms with Crippen molar-refractivity contribution in [1.82, 2.24) is 10.2 Å². The molecule has 0 spiro atoms. The second-order valence-electron chi connectivity index (χ2n) is 14.3. The van der Waals surface area contributed by atoms with Crippen LogP contribution in [0.3, 0.4) is 0 Å². The molecule has 0 aliphatic rings. The third-order valence-electron chi connectivity index (χ3n) is 9.78. The van der Waals surface area contributed by atoms with Gasteiger partial charge in [0, 0.05) is 13.1 Å². The molecule has 0 aromatic heterocycles. The van der Waals surface area contributed by atoms with Gasteiger partial charge in [-0.15, -0.1) is 0 Å². The fourth-order valence-corrected chi connectivity index (χ4v) is 6.75. The van der Waals surface area contributed by atoms with Gasteiger partial charge >= 0.3 is 5.97 Å². The molecule has 0 aliphatic heterocycles. The topological polar surface area (TPSA) is 52.6 Å². The fraction of sp³-hybridized carbons (Fsp3) is 0.976. The van der Waals surface area contributed by atoms with Crippen molar-refractivity contribution in [2.75, 3.05) is 19.6 Å². The van der Waals surface area contributed by atoms with E-state index >= 15 is 0 Å². The van der Waals surface area contributed by atoms with Crippen molar-refractivity contribution in [2.45, 2.75) is 239 Å². The molecule has 1 unspecified atom stereocenters. The quantitative estimate of drug-likeness (QED) is 0.0520. The number of hydrogen-bond donors (Lipinski definition) is 2. The summed E-state index contributed by atoms with van der Waals surface area (Å²) < 4.78 is 0. The van der Waals surface area contributed by atoms with Crippen molar-refractivity contribution in [2.24, 2.45) is 0 Å². The van der Waals surface area contributed by atoms with E-state index in [-0.39, 0.29) is 0 Å². The first kappa shape index (κ1) is 44.4. The Morgan fingerprint density at radius 1 is 0.422 bits per heavy atom. The van der Waals surface area contributed by atoms with Crippen molar-refractivity contribution in [3.8, 4) is 0 Å². The van der Waals surface area contributed by atoms with Crippen LogP contribution in [0.25, 0.3) is 0 Å². The van der Waals surface area contributed by atoms with Gasteiger partial charge in [0.05, 0.1) is 0 Å². The van der Waals surface area contributed by atoms with Gasteiger partial charge in [-0.25, -0.2) is 4.79 Å². The van der Waals surface area contributed by atoms with Crippen molar-refractivity contribution in [3.63, 3.8) is 0 Å². The molecular weight excluding hydrogens is 552 g/mol. The number of carbonyl (C=O) groups is 1. The van der Waals surface area contributed by atoms with E-state index < -0.39 is 12.1 Å². The number of hydrogen-bond acceptors (Lipinski definition) is 3. The monoisotopic (exact) mass is 637 g/mol. The third-order valence-corrected chi connectivity index (χ3v) is 9.78. The van der Waals surface area contributed by atoms with Gasteiger partial charge in [-0.2, -0.15) is 0 Å². The average Bonchev–Trinajstić information content (AvgIpc) is 3.03. The molecule has 45 heavy (non-hydrogen) atoms. The molecule has 0 saturated heterocycles. The summed E-state index contributed by atoms with van der Waals surface area (Å²) in [5.41, 5.74) is 0. The van der Waals surface area contributed by atoms with Crippen LogP contribution in [0.1, 0.15) is 233 Å². The Kier molecular flexibility index (Phi) is 37.3. The molecule has 1 atom stereocenters. The summed E-state index contributed by atoms with van der Waals surface area (Å²) in [6, 6.07) is 0. The van der Waals surface area contributed by atoms with Gasteiger partial charge in [-0.05, 0) is 25.8 Å². The lowest BCUT2D eigenvalue weighted by molar-refractivity contribution is -0.144. The van der Waals surface area contributed by atoms with Crippen LogP contribution in [0, 0.1) is 0 Å². The van der Waals surface area contributed by atoms with Crippen LogP contribution in [0.4, 0.5) is 0 Å². The van der Waals surface area contributed by atoms with E-state index in [1.807, 2.05) is 0 Å². The molecule has 4 heteroatoms. The van der Waals surface area contributed by atoms with Crippen molar-refractivity contribution in [1.29, 1.82) is 0 Å². The maximum atomic E-state index is 12.1. The first-order valence-corrected chi connectivity index (χ1v) is 20.9. The highest BCUT2D eigenvalue weighted by molar-refractivity contribution is 5.72. The van der Waals surface area contributed by atoms with Crippen molar-refractivity contribution < 1.29 is 9.90 Å². The molecule has 0 amide bonds. The van der Waals surface area contributed by atoms with Crippen molar-refractivity contribution in [3.05, 3.63) is 0 Å². The second-order valence-corrected chi connectivity index (χ2v) is 14.3. The van der Waals surface area contributed by atoms with E-state index in [0.29, 0.717) is 0 Å². The SMILES string of the molecule is CCCCCCCCCCCCCCCCCCN(CCCCCCCCCCCCCCCCCC)C(NCCC)C(=O)O. The number of aliphatic carboxylic acids is 1. The molecule has 0 aromatic rings. The lowest BCUT2D eigenvalue weighted by Gasteiger charge is -2.29. The van der Waals surface area contributed by atoms with Crippen LogP contribution in [0.15, 0.2) is 0 Å². The molecule has 0 aliphatic carbocycles. The average molecular weight is 637 g/mol. The smallest absolute Gasteiger partial charge is 0.335 e. The predicted octanol–water partition coefficient (Wildman–Crippen LogP) is 13.2. The van der Waals surface area contributed by atoms with E-state index in [2.05, 4.69) is 31.0 Å². The highest BCUT2D eigenvalue weighted by Crippen LogP contribution is 2.16. The Morgan fingerprint density at radius 2 is 0.667 bits per heavy atom. The third kappa shape index (κ3) is 33.1. The number of carboxylic acids is 1. The lowest BCUT2D eigenvalue weighted by atomic mass is 10.0. The van der Waals surface area contributed by atoms with E-state index in [1.165, 1.54) is 193 Å². The summed E-state index contributed by atoms with van der Waals surface area (Å²) >= 11 is 0. The largest absolute Gasteiger partial charge is 0.479 e. The molecule has 0 aromatic carbocycles. The van der Waals surface area contributed by atoms with Gasteiger partial charge in [0.2, 0.25) is 0 Å². The predicted molar refractivity (Wildman–Crippen MR) is 200 cm³/mol. The highest BCUT2D eigenvalue weighted by atomic mass is 16.4. The molecule has 270 valence electrons. The van der Waals surface area contributed by atoms with Crippen LogP contribution >= 0.6 is 0 Å². The van der Waals surface area contributed by atoms with Gasteiger partial charge in [0.25, 0.3) is 0 Å². The minimum Gasteiger partial charge on any atom is -0.479 e. The first-order chi connectivity index (χ1) is 22.2. The summed E-state index contributed by atoms with van der Waals surface area (Å²) in [5.74, 6) is -0.712. The van der Waals surface area contributed by atoms with E-state index in [1.54, 1.807) is 0 Å². The number of nitrogens with zero attached hydrogens (tertiary/aromatic N) is 1. The van der Waals surface area contributed by atoms with Gasteiger partial charge in [0.15, 0.2) is 6.17 Å². The van der Waals surface area contributed by atoms with Crippen LogP contribution < -0.4 is 5.32 Å². The van der Waals surface area contributed by atoms with Crippen LogP contribution in [-0.2, 0) is 4.79 Å². The summed E-state index contributed by atoms with van der Waals surface area (Å²) in [4.78, 5) is 14.3. The summed E-state index contributed by atoms with van der Waals surface area (Å²) in [7, 11) is 0. The van der Waals surface area contributed by atoms with Gasteiger partial charge in [-0.3, -0.25) is 10.2 Å². The molecule has 2 N–H and O–H groups in total. The summed E-state index contributed by atoms with van der Waals surface area (Å²) in [6.45, 7) is 9.28. The molecule has 0 heterocycles. The zero-order valence-corrected chi connectivity index (χ0v) is 31.3. The molecular formula is C41H84N2O2. The zero-order valence-electron chi connectivity index (χ0n) is 31.3. The molecule has 0 bridgehead atoms. The molecule has 0 fully saturated rings. The zero-order chi connectivity index (χ0) is 32.9. The standard InChI is InChI=1S/C41H84N2O2/c1-4-7-9-11-13-15-17-19-21-23-25-27-29-31-33-35-38-43(40(41(44)45)42-37-6-3)39-36-34-32-30-28-26-24-22-20-18-16-14-12-10-8-5-2/h40,42H,4-39H2,1-3H3,(H,44,45). The molecule has 0 radical (unpaired) electrons. The number of rotatable bonds is 39. The van der Waals surface area contributed by atoms with E-state index in [0.717, 1.165) is 38.9 Å². The maximum absolute atomic E-state index is 12.1. The fourth-order valence-electron chi connectivity index (χ4n) is 6.75. The number of carboxylic acid groups (broad SMARTS) is 1. The Balaban J connectivity index is 3.89.